The summed E-state index contributed by atoms with van der Waals surface area (Å²) in [4.78, 5) is 10.9. The molecule has 0 aromatic heterocycles. The summed E-state index contributed by atoms with van der Waals surface area (Å²) >= 11 is 0. The Balaban J connectivity index is 2.95. The van der Waals surface area contributed by atoms with E-state index in [1.165, 1.54) is 6.42 Å². The Morgan fingerprint density at radius 3 is 2.67 bits per heavy atom. The van der Waals surface area contributed by atoms with Crippen molar-refractivity contribution in [2.75, 3.05) is 33.4 Å². The second-order valence-electron chi connectivity index (χ2n) is 3.49. The van der Waals surface area contributed by atoms with Crippen molar-refractivity contribution in [1.82, 2.24) is 10.6 Å². The van der Waals surface area contributed by atoms with Crippen LogP contribution < -0.4 is 10.6 Å². The third kappa shape index (κ3) is 11.3. The third-order valence-corrected chi connectivity index (χ3v) is 2.10. The van der Waals surface area contributed by atoms with Gasteiger partial charge in [0.05, 0.1) is 6.61 Å². The first-order valence-electron chi connectivity index (χ1n) is 5.80. The van der Waals surface area contributed by atoms with E-state index in [0.29, 0.717) is 6.42 Å². The molecule has 0 unspecified atom stereocenters. The lowest BCUT2D eigenvalue weighted by molar-refractivity contribution is -0.120. The molecule has 4 heteroatoms. The Kier molecular flexibility index (Phi) is 11.0. The Bertz CT molecular complexity index is 152. The van der Waals surface area contributed by atoms with Crippen LogP contribution in [-0.2, 0) is 9.53 Å². The molecule has 0 saturated heterocycles. The van der Waals surface area contributed by atoms with Crippen LogP contribution in [0.5, 0.6) is 0 Å². The number of rotatable bonds is 10. The van der Waals surface area contributed by atoms with Gasteiger partial charge in [-0.15, -0.1) is 0 Å². The lowest BCUT2D eigenvalue weighted by Gasteiger charge is -2.05. The van der Waals surface area contributed by atoms with Crippen molar-refractivity contribution in [1.29, 1.82) is 0 Å². The van der Waals surface area contributed by atoms with Crippen molar-refractivity contribution in [3.63, 3.8) is 0 Å². The number of carbonyl (C=O) groups excluding carboxylic acids is 1. The molecule has 0 spiro atoms. The largest absolute Gasteiger partial charge is 0.380 e. The number of ether oxygens (including phenoxy) is 1. The standard InChI is InChI=1S/C11H24N2O2/c1-3-4-9-15-10-8-13-7-5-6-11(14)12-2/h13H,3-10H2,1-2H3,(H,12,14). The van der Waals surface area contributed by atoms with Gasteiger partial charge in [0, 0.05) is 26.6 Å². The number of hydrogen-bond donors (Lipinski definition) is 2. The first-order valence-corrected chi connectivity index (χ1v) is 5.80. The fraction of sp³-hybridized carbons (Fsp3) is 0.909. The molecule has 1 amide bonds. The van der Waals surface area contributed by atoms with Crippen molar-refractivity contribution in [2.45, 2.75) is 32.6 Å². The number of nitrogens with one attached hydrogen (secondary N) is 2. The molecule has 0 aliphatic carbocycles. The zero-order valence-electron chi connectivity index (χ0n) is 9.97. The number of amides is 1. The van der Waals surface area contributed by atoms with E-state index in [2.05, 4.69) is 17.6 Å². The summed E-state index contributed by atoms with van der Waals surface area (Å²) in [5.41, 5.74) is 0. The van der Waals surface area contributed by atoms with Gasteiger partial charge < -0.3 is 15.4 Å². The topological polar surface area (TPSA) is 50.4 Å². The van der Waals surface area contributed by atoms with Gasteiger partial charge in [-0.1, -0.05) is 13.3 Å². The Labute approximate surface area is 92.8 Å². The molecule has 0 atom stereocenters. The van der Waals surface area contributed by atoms with Crippen LogP contribution in [0.1, 0.15) is 32.6 Å². The van der Waals surface area contributed by atoms with Gasteiger partial charge in [0.15, 0.2) is 0 Å². The zero-order valence-corrected chi connectivity index (χ0v) is 9.97. The molecule has 15 heavy (non-hydrogen) atoms. The lowest BCUT2D eigenvalue weighted by atomic mass is 10.3. The van der Waals surface area contributed by atoms with Gasteiger partial charge in [0.2, 0.25) is 5.91 Å². The van der Waals surface area contributed by atoms with E-state index >= 15 is 0 Å². The van der Waals surface area contributed by atoms with Gasteiger partial charge in [0.25, 0.3) is 0 Å². The molecule has 0 aliphatic heterocycles. The van der Waals surface area contributed by atoms with Crippen LogP contribution in [-0.4, -0.2) is 39.3 Å². The fourth-order valence-electron chi connectivity index (χ4n) is 1.12. The SMILES string of the molecule is CCCCOCCNCCCC(=O)NC. The number of carbonyl (C=O) groups is 1. The minimum atomic E-state index is 0.107. The molecule has 0 rings (SSSR count). The number of hydrogen-bond acceptors (Lipinski definition) is 3. The van der Waals surface area contributed by atoms with Gasteiger partial charge in [-0.2, -0.15) is 0 Å². The van der Waals surface area contributed by atoms with E-state index in [1.54, 1.807) is 7.05 Å². The molecule has 0 heterocycles. The maximum atomic E-state index is 10.9. The van der Waals surface area contributed by atoms with E-state index in [1.807, 2.05) is 0 Å². The first-order chi connectivity index (χ1) is 7.31. The highest BCUT2D eigenvalue weighted by Crippen LogP contribution is 1.88. The van der Waals surface area contributed by atoms with Crippen LogP contribution in [0.3, 0.4) is 0 Å². The second kappa shape index (κ2) is 11.5. The average Bonchev–Trinajstić information content (AvgIpc) is 2.26. The van der Waals surface area contributed by atoms with E-state index in [0.717, 1.165) is 39.1 Å². The maximum absolute atomic E-state index is 10.9. The lowest BCUT2D eigenvalue weighted by Crippen LogP contribution is -2.23. The van der Waals surface area contributed by atoms with Crippen LogP contribution in [0, 0.1) is 0 Å². The highest BCUT2D eigenvalue weighted by molar-refractivity contribution is 5.75. The normalized spacial score (nSPS) is 10.3. The molecule has 0 radical (unpaired) electrons. The van der Waals surface area contributed by atoms with Crippen LogP contribution in [0.2, 0.25) is 0 Å². The molecule has 0 bridgehead atoms. The summed E-state index contributed by atoms with van der Waals surface area (Å²) in [6, 6.07) is 0. The average molecular weight is 216 g/mol. The molecule has 4 nitrogen and oxygen atoms in total. The molecule has 0 saturated carbocycles. The van der Waals surface area contributed by atoms with Crippen molar-refractivity contribution in [3.8, 4) is 0 Å². The van der Waals surface area contributed by atoms with E-state index < -0.39 is 0 Å². The molecule has 0 aromatic rings. The predicted molar refractivity (Wildman–Crippen MR) is 61.9 cm³/mol. The van der Waals surface area contributed by atoms with Gasteiger partial charge in [-0.3, -0.25) is 4.79 Å². The van der Waals surface area contributed by atoms with Gasteiger partial charge >= 0.3 is 0 Å². The highest BCUT2D eigenvalue weighted by Gasteiger charge is 1.96. The first kappa shape index (κ1) is 14.4. The van der Waals surface area contributed by atoms with E-state index in [-0.39, 0.29) is 5.91 Å². The molecular formula is C11H24N2O2. The van der Waals surface area contributed by atoms with E-state index in [9.17, 15) is 4.79 Å². The van der Waals surface area contributed by atoms with Crippen molar-refractivity contribution in [3.05, 3.63) is 0 Å². The summed E-state index contributed by atoms with van der Waals surface area (Å²) in [6.07, 6.45) is 3.80. The molecule has 0 aliphatic rings. The second-order valence-corrected chi connectivity index (χ2v) is 3.49. The quantitative estimate of drug-likeness (QED) is 0.534. The minimum Gasteiger partial charge on any atom is -0.380 e. The minimum absolute atomic E-state index is 0.107. The number of unbranched alkanes of at least 4 members (excludes halogenated alkanes) is 1. The van der Waals surface area contributed by atoms with E-state index in [4.69, 9.17) is 4.74 Å². The monoisotopic (exact) mass is 216 g/mol. The summed E-state index contributed by atoms with van der Waals surface area (Å²) in [6.45, 7) is 5.53. The Morgan fingerprint density at radius 2 is 2.00 bits per heavy atom. The van der Waals surface area contributed by atoms with Crippen molar-refractivity contribution >= 4 is 5.91 Å². The highest BCUT2D eigenvalue weighted by atomic mass is 16.5. The summed E-state index contributed by atoms with van der Waals surface area (Å²) in [7, 11) is 1.66. The molecule has 2 N–H and O–H groups in total. The summed E-state index contributed by atoms with van der Waals surface area (Å²) in [5, 5.41) is 5.84. The van der Waals surface area contributed by atoms with Gasteiger partial charge in [-0.25, -0.2) is 0 Å². The van der Waals surface area contributed by atoms with Crippen LogP contribution >= 0.6 is 0 Å². The van der Waals surface area contributed by atoms with Gasteiger partial charge in [0.1, 0.15) is 0 Å². The summed E-state index contributed by atoms with van der Waals surface area (Å²) in [5.74, 6) is 0.107. The summed E-state index contributed by atoms with van der Waals surface area (Å²) < 4.78 is 5.38. The van der Waals surface area contributed by atoms with Crippen LogP contribution in [0.25, 0.3) is 0 Å². The molecule has 0 aromatic carbocycles. The fourth-order valence-corrected chi connectivity index (χ4v) is 1.12. The maximum Gasteiger partial charge on any atom is 0.219 e. The van der Waals surface area contributed by atoms with Gasteiger partial charge in [-0.05, 0) is 19.4 Å². The molecule has 90 valence electrons. The Hall–Kier alpha value is -0.610. The Morgan fingerprint density at radius 1 is 1.20 bits per heavy atom. The third-order valence-electron chi connectivity index (χ3n) is 2.10. The molecule has 0 fully saturated rings. The smallest absolute Gasteiger partial charge is 0.219 e. The van der Waals surface area contributed by atoms with Crippen LogP contribution in [0.15, 0.2) is 0 Å². The van der Waals surface area contributed by atoms with Crippen LogP contribution in [0.4, 0.5) is 0 Å². The zero-order chi connectivity index (χ0) is 11.4. The van der Waals surface area contributed by atoms with Crippen molar-refractivity contribution < 1.29 is 9.53 Å². The predicted octanol–water partition coefficient (Wildman–Crippen LogP) is 0.919. The molecular weight excluding hydrogens is 192 g/mol. The van der Waals surface area contributed by atoms with Crippen molar-refractivity contribution in [2.24, 2.45) is 0 Å².